The zero-order valence-electron chi connectivity index (χ0n) is 11.0. The van der Waals surface area contributed by atoms with Crippen LogP contribution in [0, 0.1) is 0 Å². The molecule has 0 saturated carbocycles. The maximum atomic E-state index is 10.9. The maximum absolute atomic E-state index is 10.9. The van der Waals surface area contributed by atoms with Crippen LogP contribution in [-0.2, 0) is 10.1 Å². The van der Waals surface area contributed by atoms with Crippen molar-refractivity contribution in [1.29, 1.82) is 0 Å². The van der Waals surface area contributed by atoms with Gasteiger partial charge in [-0.25, -0.2) is 0 Å². The number of hydrogen-bond acceptors (Lipinski definition) is 3. The van der Waals surface area contributed by atoms with E-state index in [-0.39, 0.29) is 7.93 Å². The van der Waals surface area contributed by atoms with Crippen LogP contribution in [0.3, 0.4) is 0 Å². The molecular weight excluding hydrogens is 346 g/mol. The van der Waals surface area contributed by atoms with Gasteiger partial charge in [0.15, 0.2) is 0 Å². The van der Waals surface area contributed by atoms with Crippen LogP contribution in [0.5, 0.6) is 0 Å². The molecular formula is C13H9Cl2NaO4S. The fraction of sp³-hybridized carbons (Fsp3) is 0. The van der Waals surface area contributed by atoms with Gasteiger partial charge in [0.1, 0.15) is 0 Å². The van der Waals surface area contributed by atoms with Crippen molar-refractivity contribution in [3.63, 3.8) is 0 Å². The Morgan fingerprint density at radius 3 is 2.00 bits per heavy atom. The summed E-state index contributed by atoms with van der Waals surface area (Å²) in [6, 6.07) is 12.3. The molecule has 0 aliphatic carbocycles. The van der Waals surface area contributed by atoms with E-state index in [0.29, 0.717) is 43.5 Å². The van der Waals surface area contributed by atoms with Crippen molar-refractivity contribution in [3.8, 4) is 0 Å². The molecule has 0 amide bonds. The van der Waals surface area contributed by atoms with E-state index in [9.17, 15) is 13.2 Å². The van der Waals surface area contributed by atoms with Gasteiger partial charge in [0.25, 0.3) is 10.1 Å². The van der Waals surface area contributed by atoms with Crippen LogP contribution in [0.4, 0.5) is 0 Å². The molecule has 0 atom stereocenters. The molecule has 4 nitrogen and oxygen atoms in total. The molecule has 0 spiro atoms. The third-order valence-corrected chi connectivity index (χ3v) is 4.32. The van der Waals surface area contributed by atoms with Gasteiger partial charge < -0.3 is 0 Å². The number of carbonyl (C=O) groups is 1. The van der Waals surface area contributed by atoms with Crippen LogP contribution < -0.4 is 0 Å². The quantitative estimate of drug-likeness (QED) is 0.663. The monoisotopic (exact) mass is 354 g/mol. The Hall–Kier alpha value is -0.400. The first-order valence-electron chi connectivity index (χ1n) is 5.70. The summed E-state index contributed by atoms with van der Waals surface area (Å²) in [5.41, 5.74) is 0.533. The summed E-state index contributed by atoms with van der Waals surface area (Å²) in [4.78, 5) is 10.9. The van der Waals surface area contributed by atoms with Crippen molar-refractivity contribution in [2.45, 2.75) is 4.90 Å². The van der Waals surface area contributed by atoms with Gasteiger partial charge in [-0.3, -0.25) is 4.55 Å². The van der Waals surface area contributed by atoms with Gasteiger partial charge in [-0.1, -0.05) is 18.2 Å². The van der Waals surface area contributed by atoms with Crippen molar-refractivity contribution < 1.29 is 17.8 Å². The van der Waals surface area contributed by atoms with E-state index >= 15 is 0 Å². The van der Waals surface area contributed by atoms with Gasteiger partial charge in [0.05, 0.1) is 4.90 Å². The fourth-order valence-corrected chi connectivity index (χ4v) is 2.86. The summed E-state index contributed by atoms with van der Waals surface area (Å²) in [6.07, 6.45) is 0. The summed E-state index contributed by atoms with van der Waals surface area (Å²) in [6.45, 7) is 0. The van der Waals surface area contributed by atoms with Crippen molar-refractivity contribution in [3.05, 3.63) is 64.1 Å². The Morgan fingerprint density at radius 2 is 1.62 bits per heavy atom. The van der Waals surface area contributed by atoms with Crippen molar-refractivity contribution >= 4 is 64.3 Å². The van der Waals surface area contributed by atoms with E-state index < -0.39 is 10.1 Å². The SMILES string of the molecule is O=S(=O)(O)c1ccccc1.O=[C]([Na])c1cc(Cl)ccc1Cl. The topological polar surface area (TPSA) is 71.4 Å². The molecule has 0 bridgehead atoms. The zero-order valence-corrected chi connectivity index (χ0v) is 15.3. The molecule has 106 valence electrons. The van der Waals surface area contributed by atoms with Crippen LogP contribution in [-0.4, -0.2) is 43.9 Å². The molecule has 2 rings (SSSR count). The molecule has 0 aliphatic heterocycles. The second-order valence-corrected chi connectivity index (χ2v) is 7.14. The number of hydrogen-bond donors (Lipinski definition) is 1. The molecule has 0 fully saturated rings. The van der Waals surface area contributed by atoms with Crippen LogP contribution in [0.2, 0.25) is 10.0 Å². The summed E-state index contributed by atoms with van der Waals surface area (Å²) in [5, 5.41) is 1.03. The first-order chi connectivity index (χ1) is 9.71. The fourth-order valence-electron chi connectivity index (χ4n) is 1.36. The Labute approximate surface area is 150 Å². The van der Waals surface area contributed by atoms with Gasteiger partial charge in [0, 0.05) is 0 Å². The molecule has 2 aromatic carbocycles. The Balaban J connectivity index is 0.000000211. The minimum atomic E-state index is -4.00. The van der Waals surface area contributed by atoms with E-state index in [1.807, 2.05) is 0 Å². The van der Waals surface area contributed by atoms with Crippen LogP contribution in [0.15, 0.2) is 53.4 Å². The summed E-state index contributed by atoms with van der Waals surface area (Å²) < 4.78 is 29.3. The Morgan fingerprint density at radius 1 is 1.05 bits per heavy atom. The summed E-state index contributed by atoms with van der Waals surface area (Å²) in [7, 11) is -4.00. The van der Waals surface area contributed by atoms with Crippen LogP contribution >= 0.6 is 23.2 Å². The Kier molecular flexibility index (Phi) is 7.36. The second-order valence-electron chi connectivity index (χ2n) is 3.97. The second kappa shape index (κ2) is 8.29. The molecule has 0 heterocycles. The van der Waals surface area contributed by atoms with Gasteiger partial charge in [-0.15, -0.1) is 0 Å². The standard InChI is InChI=1S/C7H3Cl2O.C6H6O3S.Na/c8-6-1-2-7(9)5(3-6)4-10;7-10(8,9)6-4-2-1-3-5-6;/h1-3H;1-5H,(H,7,8,9);. The first-order valence-corrected chi connectivity index (χ1v) is 8.90. The average Bonchev–Trinajstić information content (AvgIpc) is 2.42. The molecule has 0 unspecified atom stereocenters. The van der Waals surface area contributed by atoms with Gasteiger partial charge in [-0.2, -0.15) is 8.42 Å². The number of rotatable bonds is 2. The third kappa shape index (κ3) is 6.48. The van der Waals surface area contributed by atoms with E-state index in [1.165, 1.54) is 12.1 Å². The van der Waals surface area contributed by atoms with Crippen molar-refractivity contribution in [1.82, 2.24) is 0 Å². The predicted octanol–water partition coefficient (Wildman–Crippen LogP) is 3.24. The normalized spacial score (nSPS) is 10.5. The molecule has 8 heteroatoms. The summed E-state index contributed by atoms with van der Waals surface area (Å²) >= 11 is 11.9. The first kappa shape index (κ1) is 18.6. The van der Waals surface area contributed by atoms with Gasteiger partial charge in [0.2, 0.25) is 0 Å². The summed E-state index contributed by atoms with van der Waals surface area (Å²) in [5.74, 6) is 0. The van der Waals surface area contributed by atoms with Crippen molar-refractivity contribution in [2.75, 3.05) is 0 Å². The molecule has 0 radical (unpaired) electrons. The molecule has 0 saturated heterocycles. The van der Waals surface area contributed by atoms with Gasteiger partial charge >= 0.3 is 92.8 Å². The van der Waals surface area contributed by atoms with E-state index in [4.69, 9.17) is 27.8 Å². The average molecular weight is 355 g/mol. The predicted molar refractivity (Wildman–Crippen MR) is 82.8 cm³/mol. The number of halogens is 2. The molecule has 2 aromatic rings. The number of carbonyl (C=O) groups excluding carboxylic acids is 1. The van der Waals surface area contributed by atoms with E-state index in [2.05, 4.69) is 0 Å². The van der Waals surface area contributed by atoms with Crippen LogP contribution in [0.1, 0.15) is 10.4 Å². The van der Waals surface area contributed by atoms with Crippen molar-refractivity contribution in [2.24, 2.45) is 0 Å². The molecule has 21 heavy (non-hydrogen) atoms. The Bertz CT molecular complexity index is 733. The zero-order chi connectivity index (χ0) is 16.0. The molecule has 0 aromatic heterocycles. The molecule has 1 N–H and O–H groups in total. The third-order valence-electron chi connectivity index (χ3n) is 2.35. The van der Waals surface area contributed by atoms with Crippen LogP contribution in [0.25, 0.3) is 0 Å². The van der Waals surface area contributed by atoms with E-state index in [0.717, 1.165) is 0 Å². The van der Waals surface area contributed by atoms with E-state index in [1.54, 1.807) is 36.4 Å². The molecule has 0 aliphatic rings. The van der Waals surface area contributed by atoms with Gasteiger partial charge in [-0.05, 0) is 12.1 Å². The number of benzene rings is 2. The minimum absolute atomic E-state index is 0.0671.